The number of aliphatic hydroxyl groups excluding tert-OH is 1. The number of hydrogen-bond acceptors (Lipinski definition) is 15. The van der Waals surface area contributed by atoms with E-state index in [1.165, 1.54) is 199 Å². The SMILES string of the molecule is CCCCCCCCCCCCCC(=O)O[C@H](COC(=O)CCCCCCCCC)COP(=O)(O)OC[C@H](O)COP(=O)(O)OC[C@@H](COC(=O)CCCCCCCCCCCCCCC(C)C)OC(=O)CCCCCCCCCCCCCCCCCCCCC(C)CC. The molecule has 0 heterocycles. The number of unbranched alkanes of at least 4 members (excludes halogenated alkanes) is 44. The number of aliphatic hydroxyl groups is 1. The summed E-state index contributed by atoms with van der Waals surface area (Å²) in [4.78, 5) is 72.6. The van der Waals surface area contributed by atoms with E-state index in [0.29, 0.717) is 25.7 Å². The molecule has 0 saturated carbocycles. The molecule has 0 aromatic heterocycles. The van der Waals surface area contributed by atoms with Gasteiger partial charge in [-0.05, 0) is 37.5 Å². The van der Waals surface area contributed by atoms with Crippen LogP contribution in [0, 0.1) is 11.8 Å². The number of phosphoric ester groups is 2. The van der Waals surface area contributed by atoms with E-state index in [9.17, 15) is 43.2 Å². The average Bonchev–Trinajstić information content (AvgIpc) is 3.06. The number of rotatable bonds is 75. The summed E-state index contributed by atoms with van der Waals surface area (Å²) in [6, 6.07) is 0. The van der Waals surface area contributed by atoms with Gasteiger partial charge in [0.1, 0.15) is 19.3 Å². The lowest BCUT2D eigenvalue weighted by Gasteiger charge is -2.21. The van der Waals surface area contributed by atoms with Crippen LogP contribution in [0.3, 0.4) is 0 Å². The third-order valence-electron chi connectivity index (χ3n) is 18.1. The maximum Gasteiger partial charge on any atom is 0.472 e. The van der Waals surface area contributed by atoms with Gasteiger partial charge in [-0.2, -0.15) is 0 Å². The second-order valence-corrected chi connectivity index (χ2v) is 31.0. The van der Waals surface area contributed by atoms with Crippen LogP contribution >= 0.6 is 15.6 Å². The Morgan fingerprint density at radius 3 is 0.800 bits per heavy atom. The molecule has 0 radical (unpaired) electrons. The van der Waals surface area contributed by atoms with Gasteiger partial charge in [-0.3, -0.25) is 37.3 Å². The zero-order valence-electron chi connectivity index (χ0n) is 62.0. The average molecular weight is 1400 g/mol. The summed E-state index contributed by atoms with van der Waals surface area (Å²) < 4.78 is 68.4. The second-order valence-electron chi connectivity index (χ2n) is 28.1. The number of carbonyl (C=O) groups is 4. The smallest absolute Gasteiger partial charge is 0.462 e. The monoisotopic (exact) mass is 1400 g/mol. The summed E-state index contributed by atoms with van der Waals surface area (Å²) in [6.45, 7) is 9.63. The van der Waals surface area contributed by atoms with Crippen molar-refractivity contribution < 1.29 is 80.2 Å². The molecule has 0 aliphatic carbocycles. The number of carbonyl (C=O) groups excluding carboxylic acids is 4. The Morgan fingerprint density at radius 2 is 0.537 bits per heavy atom. The fourth-order valence-corrected chi connectivity index (χ4v) is 13.2. The van der Waals surface area contributed by atoms with Crippen molar-refractivity contribution in [3.05, 3.63) is 0 Å². The highest BCUT2D eigenvalue weighted by atomic mass is 31.2. The van der Waals surface area contributed by atoms with Crippen molar-refractivity contribution in [3.8, 4) is 0 Å². The third kappa shape index (κ3) is 69.0. The van der Waals surface area contributed by atoms with Gasteiger partial charge in [0.05, 0.1) is 26.4 Å². The van der Waals surface area contributed by atoms with Crippen molar-refractivity contribution in [1.29, 1.82) is 0 Å². The first-order valence-electron chi connectivity index (χ1n) is 39.5. The van der Waals surface area contributed by atoms with Gasteiger partial charge >= 0.3 is 39.5 Å². The van der Waals surface area contributed by atoms with E-state index >= 15 is 0 Å². The molecule has 17 nitrogen and oxygen atoms in total. The van der Waals surface area contributed by atoms with Crippen LogP contribution in [-0.2, 0) is 65.4 Å². The van der Waals surface area contributed by atoms with Gasteiger partial charge in [0.15, 0.2) is 12.2 Å². The largest absolute Gasteiger partial charge is 0.472 e. The molecule has 0 spiro atoms. The Balaban J connectivity index is 5.15. The van der Waals surface area contributed by atoms with Gasteiger partial charge in [-0.1, -0.05) is 343 Å². The van der Waals surface area contributed by atoms with E-state index in [1.54, 1.807) is 0 Å². The van der Waals surface area contributed by atoms with Crippen molar-refractivity contribution in [1.82, 2.24) is 0 Å². The molecule has 95 heavy (non-hydrogen) atoms. The summed E-state index contributed by atoms with van der Waals surface area (Å²) in [5.41, 5.74) is 0. The van der Waals surface area contributed by atoms with Gasteiger partial charge in [-0.15, -0.1) is 0 Å². The number of esters is 4. The van der Waals surface area contributed by atoms with Gasteiger partial charge in [-0.25, -0.2) is 9.13 Å². The molecule has 3 unspecified atom stereocenters. The van der Waals surface area contributed by atoms with Crippen LogP contribution in [0.15, 0.2) is 0 Å². The van der Waals surface area contributed by atoms with Crippen molar-refractivity contribution in [2.24, 2.45) is 11.8 Å². The van der Waals surface area contributed by atoms with E-state index in [0.717, 1.165) is 115 Å². The quantitative estimate of drug-likeness (QED) is 0.0222. The predicted octanol–water partition coefficient (Wildman–Crippen LogP) is 22.3. The molecular formula is C76H148O17P2. The summed E-state index contributed by atoms with van der Waals surface area (Å²) >= 11 is 0. The summed E-state index contributed by atoms with van der Waals surface area (Å²) in [5, 5.41) is 10.6. The molecule has 0 aliphatic rings. The lowest BCUT2D eigenvalue weighted by Crippen LogP contribution is -2.30. The second kappa shape index (κ2) is 67.9. The number of hydrogen-bond donors (Lipinski definition) is 3. The zero-order chi connectivity index (χ0) is 70.0. The highest BCUT2D eigenvalue weighted by Crippen LogP contribution is 2.45. The lowest BCUT2D eigenvalue weighted by molar-refractivity contribution is -0.161. The Labute approximate surface area is 581 Å². The molecule has 0 bridgehead atoms. The van der Waals surface area contributed by atoms with Crippen molar-refractivity contribution in [2.45, 2.75) is 413 Å². The molecule has 0 rings (SSSR count). The van der Waals surface area contributed by atoms with E-state index < -0.39 is 97.5 Å². The first kappa shape index (κ1) is 93.1. The normalized spacial score (nSPS) is 14.3. The molecule has 6 atom stereocenters. The highest BCUT2D eigenvalue weighted by molar-refractivity contribution is 7.47. The summed E-state index contributed by atoms with van der Waals surface area (Å²) in [7, 11) is -9.90. The topological polar surface area (TPSA) is 237 Å². The van der Waals surface area contributed by atoms with E-state index in [2.05, 4.69) is 41.5 Å². The Kier molecular flexibility index (Phi) is 66.5. The predicted molar refractivity (Wildman–Crippen MR) is 386 cm³/mol. The molecule has 0 aromatic carbocycles. The lowest BCUT2D eigenvalue weighted by atomic mass is 9.99. The number of ether oxygens (including phenoxy) is 4. The molecule has 0 fully saturated rings. The van der Waals surface area contributed by atoms with E-state index in [-0.39, 0.29) is 25.7 Å². The maximum absolute atomic E-state index is 13.1. The van der Waals surface area contributed by atoms with E-state index in [4.69, 9.17) is 37.0 Å². The number of phosphoric acid groups is 2. The molecule has 0 aromatic rings. The zero-order valence-corrected chi connectivity index (χ0v) is 63.8. The summed E-state index contributed by atoms with van der Waals surface area (Å²) in [5.74, 6) is -0.468. The van der Waals surface area contributed by atoms with Crippen LogP contribution < -0.4 is 0 Å². The maximum atomic E-state index is 13.1. The Bertz CT molecular complexity index is 1840. The Morgan fingerprint density at radius 1 is 0.305 bits per heavy atom. The van der Waals surface area contributed by atoms with Crippen LogP contribution in [0.5, 0.6) is 0 Å². The first-order valence-corrected chi connectivity index (χ1v) is 42.5. The molecule has 564 valence electrons. The van der Waals surface area contributed by atoms with Crippen LogP contribution in [0.1, 0.15) is 395 Å². The fraction of sp³-hybridized carbons (Fsp3) is 0.947. The fourth-order valence-electron chi connectivity index (χ4n) is 11.6. The third-order valence-corrected chi connectivity index (χ3v) is 20.0. The van der Waals surface area contributed by atoms with Crippen LogP contribution in [-0.4, -0.2) is 96.7 Å². The minimum Gasteiger partial charge on any atom is -0.462 e. The van der Waals surface area contributed by atoms with Crippen LogP contribution in [0.25, 0.3) is 0 Å². The Hall–Kier alpha value is -1.94. The molecule has 3 N–H and O–H groups in total. The summed E-state index contributed by atoms with van der Waals surface area (Å²) in [6.07, 6.45) is 55.6. The molecule has 0 aliphatic heterocycles. The van der Waals surface area contributed by atoms with Crippen LogP contribution in [0.2, 0.25) is 0 Å². The van der Waals surface area contributed by atoms with Gasteiger partial charge in [0.2, 0.25) is 0 Å². The van der Waals surface area contributed by atoms with Gasteiger partial charge < -0.3 is 33.8 Å². The van der Waals surface area contributed by atoms with Crippen molar-refractivity contribution in [2.75, 3.05) is 39.6 Å². The minimum atomic E-state index is -4.96. The highest BCUT2D eigenvalue weighted by Gasteiger charge is 2.30. The molecular weight excluding hydrogens is 1250 g/mol. The van der Waals surface area contributed by atoms with Crippen molar-refractivity contribution in [3.63, 3.8) is 0 Å². The first-order chi connectivity index (χ1) is 45.9. The molecule has 0 saturated heterocycles. The van der Waals surface area contributed by atoms with Gasteiger partial charge in [0, 0.05) is 25.7 Å². The van der Waals surface area contributed by atoms with Crippen LogP contribution in [0.4, 0.5) is 0 Å². The minimum absolute atomic E-state index is 0.107. The van der Waals surface area contributed by atoms with Gasteiger partial charge in [0.25, 0.3) is 0 Å². The molecule has 19 heteroatoms. The van der Waals surface area contributed by atoms with Crippen molar-refractivity contribution >= 4 is 39.5 Å². The van der Waals surface area contributed by atoms with E-state index in [1.807, 2.05) is 0 Å². The molecule has 0 amide bonds. The standard InChI is InChI=1S/C76H148O17P2/c1-7-10-12-14-16-17-28-36-42-48-54-60-75(80)92-71(64-86-73(78)58-52-46-38-15-13-11-8-2)66-90-94(82,83)88-62-70(77)63-89-95(84,85)91-67-72(65-87-74(79)59-53-47-41-35-31-27-26-29-33-39-44-50-56-68(4)5)93-76(81)61-55-49-43-37-32-25-23-21-19-18-20-22-24-30-34-40-45-51-57-69(6)9-3/h68-72,77H,7-67H2,1-6H3,(H,82,83)(H,84,85)/t69?,70-,71+,72+/m0/s1.